The summed E-state index contributed by atoms with van der Waals surface area (Å²) in [6.45, 7) is 0.255. The summed E-state index contributed by atoms with van der Waals surface area (Å²) in [5, 5.41) is 41.2. The summed E-state index contributed by atoms with van der Waals surface area (Å²) in [5.41, 5.74) is 0.575. The SMILES string of the molecule is C[C@@]1(O)[C@@H](COC(Cc2cccc(OC(F)(F)F)c2)(C(=O)O)C(=O)O)OC(n2cnc3c(N)nc(Cl)nc32)[C@@H]1O. The molecule has 6 N–H and O–H groups in total. The van der Waals surface area contributed by atoms with Gasteiger partial charge in [0.05, 0.1) is 12.9 Å². The van der Waals surface area contributed by atoms with Crippen LogP contribution in [0.25, 0.3) is 11.2 Å². The first-order chi connectivity index (χ1) is 18.5. The number of benzene rings is 1. The smallest absolute Gasteiger partial charge is 0.479 e. The van der Waals surface area contributed by atoms with Gasteiger partial charge in [-0.1, -0.05) is 12.1 Å². The standard InChI is InChI=1S/C22H21ClF3N5O9/c1-20(37)11(39-16(13(20)32)31-8-28-12-14(27)29-19(23)30-15(12)31)7-38-21(17(33)34,18(35)36)6-9-3-2-4-10(5-9)40-22(24,25)26/h2-5,8,11,13,16,32,37H,6-7H2,1H3,(H,33,34)(H,35,36)(H2,27,29,30)/t11-,13+,16?,20-/m1/s1. The van der Waals surface area contributed by atoms with Crippen LogP contribution in [-0.2, 0) is 25.5 Å². The monoisotopic (exact) mass is 591 g/mol. The first-order valence-corrected chi connectivity index (χ1v) is 11.6. The Balaban J connectivity index is 1.60. The summed E-state index contributed by atoms with van der Waals surface area (Å²) >= 11 is 5.86. The average Bonchev–Trinajstić information content (AvgIpc) is 3.34. The summed E-state index contributed by atoms with van der Waals surface area (Å²) in [4.78, 5) is 36.1. The summed E-state index contributed by atoms with van der Waals surface area (Å²) in [6.07, 6.45) is -9.41. The Morgan fingerprint density at radius 3 is 2.55 bits per heavy atom. The van der Waals surface area contributed by atoms with E-state index in [1.54, 1.807) is 0 Å². The molecule has 4 rings (SSSR count). The number of anilines is 1. The van der Waals surface area contributed by atoms with Gasteiger partial charge in [-0.3, -0.25) is 4.57 Å². The fraction of sp³-hybridized carbons (Fsp3) is 0.409. The zero-order valence-corrected chi connectivity index (χ0v) is 21.0. The van der Waals surface area contributed by atoms with Crippen molar-refractivity contribution in [2.75, 3.05) is 12.3 Å². The van der Waals surface area contributed by atoms with Gasteiger partial charge in [0.25, 0.3) is 5.60 Å². The van der Waals surface area contributed by atoms with Crippen LogP contribution >= 0.6 is 11.6 Å². The molecule has 14 nitrogen and oxygen atoms in total. The second-order valence-corrected chi connectivity index (χ2v) is 9.35. The van der Waals surface area contributed by atoms with E-state index in [4.69, 9.17) is 26.8 Å². The van der Waals surface area contributed by atoms with Gasteiger partial charge in [0.15, 0.2) is 17.7 Å². The molecule has 0 spiro atoms. The number of nitrogens with zero attached hydrogens (tertiary/aromatic N) is 4. The molecule has 1 fully saturated rings. The number of carbonyl (C=O) groups is 2. The van der Waals surface area contributed by atoms with Crippen molar-refractivity contribution in [1.82, 2.24) is 19.5 Å². The molecule has 3 aromatic rings. The second-order valence-electron chi connectivity index (χ2n) is 9.01. The number of hydrogen-bond donors (Lipinski definition) is 5. The van der Waals surface area contributed by atoms with Crippen molar-refractivity contribution in [2.45, 2.75) is 49.3 Å². The Labute approximate surface area is 226 Å². The van der Waals surface area contributed by atoms with Gasteiger partial charge in [-0.2, -0.15) is 9.97 Å². The topological polar surface area (TPSA) is 212 Å². The molecule has 1 aliphatic rings. The zero-order chi connectivity index (χ0) is 29.6. The van der Waals surface area contributed by atoms with Crippen molar-refractivity contribution in [1.29, 1.82) is 0 Å². The normalized spacial score (nSPS) is 23.4. The molecule has 2 aromatic heterocycles. The van der Waals surface area contributed by atoms with Crippen LogP contribution in [0.5, 0.6) is 5.75 Å². The number of carboxylic acids is 2. The lowest BCUT2D eigenvalue weighted by atomic mass is 9.92. The predicted octanol–water partition coefficient (Wildman–Crippen LogP) is 1.14. The number of nitrogen functional groups attached to an aromatic ring is 1. The van der Waals surface area contributed by atoms with Crippen molar-refractivity contribution in [3.05, 3.63) is 41.4 Å². The summed E-state index contributed by atoms with van der Waals surface area (Å²) in [6, 6.07) is 4.03. The van der Waals surface area contributed by atoms with Crippen molar-refractivity contribution in [2.24, 2.45) is 0 Å². The van der Waals surface area contributed by atoms with Gasteiger partial charge in [0.2, 0.25) is 5.28 Å². The predicted molar refractivity (Wildman–Crippen MR) is 126 cm³/mol. The third-order valence-electron chi connectivity index (χ3n) is 6.28. The van der Waals surface area contributed by atoms with Gasteiger partial charge in [-0.05, 0) is 36.2 Å². The molecule has 1 aliphatic heterocycles. The summed E-state index contributed by atoms with van der Waals surface area (Å²) in [7, 11) is 0. The molecular weight excluding hydrogens is 571 g/mol. The third-order valence-corrected chi connectivity index (χ3v) is 6.45. The Morgan fingerprint density at radius 2 is 1.93 bits per heavy atom. The molecule has 0 aliphatic carbocycles. The Hall–Kier alpha value is -3.77. The number of ether oxygens (including phenoxy) is 3. The first kappa shape index (κ1) is 29.2. The number of carboxylic acid groups (broad SMARTS) is 2. The van der Waals surface area contributed by atoms with E-state index in [9.17, 15) is 43.2 Å². The van der Waals surface area contributed by atoms with E-state index in [2.05, 4.69) is 19.7 Å². The minimum absolute atomic E-state index is 0.0327. The van der Waals surface area contributed by atoms with Crippen LogP contribution in [0, 0.1) is 0 Å². The molecule has 0 bridgehead atoms. The largest absolute Gasteiger partial charge is 0.573 e. The van der Waals surface area contributed by atoms with Crippen LogP contribution in [0.2, 0.25) is 5.28 Å². The first-order valence-electron chi connectivity index (χ1n) is 11.2. The van der Waals surface area contributed by atoms with Crippen LogP contribution in [0.1, 0.15) is 18.7 Å². The zero-order valence-electron chi connectivity index (χ0n) is 20.2. The van der Waals surface area contributed by atoms with Crippen molar-refractivity contribution >= 4 is 40.5 Å². The Morgan fingerprint density at radius 1 is 1.25 bits per heavy atom. The Kier molecular flexibility index (Phi) is 7.54. The van der Waals surface area contributed by atoms with Crippen molar-refractivity contribution in [3.8, 4) is 5.75 Å². The maximum atomic E-state index is 12.6. The van der Waals surface area contributed by atoms with Crippen LogP contribution in [0.3, 0.4) is 0 Å². The van der Waals surface area contributed by atoms with Crippen LogP contribution in [0.15, 0.2) is 30.6 Å². The van der Waals surface area contributed by atoms with Gasteiger partial charge in [0, 0.05) is 6.42 Å². The van der Waals surface area contributed by atoms with E-state index in [0.717, 1.165) is 25.1 Å². The van der Waals surface area contributed by atoms with Gasteiger partial charge in [-0.25, -0.2) is 14.6 Å². The molecule has 0 amide bonds. The molecule has 0 radical (unpaired) electrons. The number of hydrogen-bond acceptors (Lipinski definition) is 11. The van der Waals surface area contributed by atoms with Gasteiger partial charge >= 0.3 is 18.3 Å². The van der Waals surface area contributed by atoms with E-state index < -0.39 is 66.7 Å². The number of aliphatic carboxylic acids is 2. The number of rotatable bonds is 9. The van der Waals surface area contributed by atoms with E-state index in [-0.39, 0.29) is 27.8 Å². The highest BCUT2D eigenvalue weighted by Crippen LogP contribution is 2.39. The summed E-state index contributed by atoms with van der Waals surface area (Å²) < 4.78 is 53.8. The van der Waals surface area contributed by atoms with Gasteiger partial charge < -0.3 is 40.4 Å². The number of fused-ring (bicyclic) bond motifs is 1. The molecule has 216 valence electrons. The maximum Gasteiger partial charge on any atom is 0.573 e. The minimum Gasteiger partial charge on any atom is -0.479 e. The van der Waals surface area contributed by atoms with E-state index in [0.29, 0.717) is 0 Å². The number of nitrogens with two attached hydrogens (primary N) is 1. The molecular formula is C22H21ClF3N5O9. The number of aliphatic hydroxyl groups is 2. The molecule has 1 aromatic carbocycles. The second kappa shape index (κ2) is 10.3. The van der Waals surface area contributed by atoms with E-state index >= 15 is 0 Å². The van der Waals surface area contributed by atoms with Gasteiger partial charge in [-0.15, -0.1) is 13.2 Å². The molecule has 1 unspecified atom stereocenters. The molecule has 3 heterocycles. The highest BCUT2D eigenvalue weighted by molar-refractivity contribution is 6.28. The number of halogens is 4. The van der Waals surface area contributed by atoms with Crippen LogP contribution in [0.4, 0.5) is 19.0 Å². The number of alkyl halides is 3. The van der Waals surface area contributed by atoms with E-state index in [1.807, 2.05) is 0 Å². The molecule has 1 saturated heterocycles. The van der Waals surface area contributed by atoms with E-state index in [1.165, 1.54) is 17.0 Å². The number of aromatic nitrogens is 4. The van der Waals surface area contributed by atoms with Crippen LogP contribution in [-0.4, -0.2) is 88.3 Å². The molecule has 18 heteroatoms. The summed E-state index contributed by atoms with van der Waals surface area (Å²) in [5.74, 6) is -4.76. The fourth-order valence-corrected chi connectivity index (χ4v) is 4.33. The molecule has 4 atom stereocenters. The lowest BCUT2D eigenvalue weighted by Crippen LogP contribution is -2.54. The highest BCUT2D eigenvalue weighted by Gasteiger charge is 2.56. The number of imidazole rings is 1. The van der Waals surface area contributed by atoms with Gasteiger partial charge in [0.1, 0.15) is 29.1 Å². The fourth-order valence-electron chi connectivity index (χ4n) is 4.16. The maximum absolute atomic E-state index is 12.6. The number of aliphatic hydroxyl groups excluding tert-OH is 1. The molecule has 0 saturated carbocycles. The molecule has 40 heavy (non-hydrogen) atoms. The van der Waals surface area contributed by atoms with Crippen LogP contribution < -0.4 is 10.5 Å². The average molecular weight is 592 g/mol. The lowest BCUT2D eigenvalue weighted by Gasteiger charge is -2.30. The lowest BCUT2D eigenvalue weighted by molar-refractivity contribution is -0.274. The minimum atomic E-state index is -5.04. The Bertz CT molecular complexity index is 1440. The third kappa shape index (κ3) is 5.46. The van der Waals surface area contributed by atoms with Crippen molar-refractivity contribution < 1.29 is 57.4 Å². The van der Waals surface area contributed by atoms with Crippen molar-refractivity contribution in [3.63, 3.8) is 0 Å². The highest BCUT2D eigenvalue weighted by atomic mass is 35.5. The quantitative estimate of drug-likeness (QED) is 0.175.